The van der Waals surface area contributed by atoms with Crippen LogP contribution in [0.3, 0.4) is 0 Å². The van der Waals surface area contributed by atoms with Gasteiger partial charge in [-0.2, -0.15) is 5.10 Å². The molecule has 0 fully saturated rings. The Kier molecular flexibility index (Phi) is 5.15. The zero-order chi connectivity index (χ0) is 19.5. The van der Waals surface area contributed by atoms with Gasteiger partial charge in [-0.25, -0.2) is 4.68 Å². The summed E-state index contributed by atoms with van der Waals surface area (Å²) in [5.74, 6) is -0.315. The topological polar surface area (TPSA) is 46.9 Å². The highest BCUT2D eigenvalue weighted by atomic mass is 35.5. The molecule has 1 aromatic heterocycles. The molecule has 0 radical (unpaired) electrons. The number of anilines is 1. The summed E-state index contributed by atoms with van der Waals surface area (Å²) in [6.07, 6.45) is 1.71. The van der Waals surface area contributed by atoms with E-state index in [2.05, 4.69) is 10.4 Å². The molecule has 4 nitrogen and oxygen atoms in total. The van der Waals surface area contributed by atoms with E-state index in [0.717, 1.165) is 11.3 Å². The Morgan fingerprint density at radius 3 is 2.29 bits per heavy atom. The summed E-state index contributed by atoms with van der Waals surface area (Å²) in [6, 6.07) is 24.1. The van der Waals surface area contributed by atoms with Crippen molar-refractivity contribution in [3.63, 3.8) is 0 Å². The van der Waals surface area contributed by atoms with Crippen molar-refractivity contribution in [3.05, 3.63) is 101 Å². The van der Waals surface area contributed by atoms with Crippen LogP contribution in [0.2, 0.25) is 10.0 Å². The summed E-state index contributed by atoms with van der Waals surface area (Å²) in [4.78, 5) is 13.1. The van der Waals surface area contributed by atoms with Crippen LogP contribution in [0, 0.1) is 0 Å². The standard InChI is InChI=1S/C22H15Cl2N3O/c23-16-11-12-19(24)20(13-16)25-22(28)18-14-27(17-9-5-2-6-10-17)26-21(18)15-7-3-1-4-8-15/h1-14H,(H,25,28). The summed E-state index contributed by atoms with van der Waals surface area (Å²) in [5, 5.41) is 8.38. The molecule has 138 valence electrons. The fraction of sp³-hybridized carbons (Fsp3) is 0. The monoisotopic (exact) mass is 407 g/mol. The van der Waals surface area contributed by atoms with E-state index < -0.39 is 0 Å². The summed E-state index contributed by atoms with van der Waals surface area (Å²) in [5.41, 5.74) is 3.18. The van der Waals surface area contributed by atoms with Gasteiger partial charge in [-0.3, -0.25) is 4.79 Å². The Morgan fingerprint density at radius 1 is 0.893 bits per heavy atom. The highest BCUT2D eigenvalue weighted by molar-refractivity contribution is 6.36. The SMILES string of the molecule is O=C(Nc1cc(Cl)ccc1Cl)c1cn(-c2ccccc2)nc1-c1ccccc1. The normalized spacial score (nSPS) is 10.6. The molecular weight excluding hydrogens is 393 g/mol. The lowest BCUT2D eigenvalue weighted by atomic mass is 10.1. The molecule has 0 atom stereocenters. The summed E-state index contributed by atoms with van der Waals surface area (Å²) >= 11 is 12.2. The van der Waals surface area contributed by atoms with E-state index in [9.17, 15) is 4.79 Å². The van der Waals surface area contributed by atoms with E-state index in [0.29, 0.717) is 27.0 Å². The average molecular weight is 408 g/mol. The summed E-state index contributed by atoms with van der Waals surface area (Å²) < 4.78 is 1.69. The first-order valence-electron chi connectivity index (χ1n) is 8.59. The molecule has 0 spiro atoms. The van der Waals surface area contributed by atoms with Gasteiger partial charge in [0.05, 0.1) is 22.0 Å². The molecular formula is C22H15Cl2N3O. The molecule has 0 bridgehead atoms. The number of rotatable bonds is 4. The Labute approximate surface area is 172 Å². The Hall–Kier alpha value is -3.08. The zero-order valence-electron chi connectivity index (χ0n) is 14.6. The molecule has 1 amide bonds. The molecule has 3 aromatic carbocycles. The lowest BCUT2D eigenvalue weighted by molar-refractivity contribution is 0.102. The molecule has 6 heteroatoms. The van der Waals surface area contributed by atoms with Crippen molar-refractivity contribution in [2.24, 2.45) is 0 Å². The van der Waals surface area contributed by atoms with Crippen LogP contribution >= 0.6 is 23.2 Å². The van der Waals surface area contributed by atoms with Gasteiger partial charge in [0, 0.05) is 16.8 Å². The number of carbonyl (C=O) groups is 1. The minimum atomic E-state index is -0.315. The highest BCUT2D eigenvalue weighted by Crippen LogP contribution is 2.28. The Balaban J connectivity index is 1.77. The van der Waals surface area contributed by atoms with E-state index in [1.165, 1.54) is 0 Å². The van der Waals surface area contributed by atoms with Crippen LogP contribution in [0.4, 0.5) is 5.69 Å². The molecule has 0 unspecified atom stereocenters. The van der Waals surface area contributed by atoms with E-state index in [1.54, 1.807) is 29.1 Å². The fourth-order valence-corrected chi connectivity index (χ4v) is 3.18. The number of para-hydroxylation sites is 1. The first-order valence-corrected chi connectivity index (χ1v) is 9.34. The van der Waals surface area contributed by atoms with Crippen molar-refractivity contribution in [2.45, 2.75) is 0 Å². The van der Waals surface area contributed by atoms with Crippen molar-refractivity contribution in [1.29, 1.82) is 0 Å². The third kappa shape index (κ3) is 3.79. The maximum Gasteiger partial charge on any atom is 0.259 e. The lowest BCUT2D eigenvalue weighted by Crippen LogP contribution is -2.12. The van der Waals surface area contributed by atoms with Gasteiger partial charge in [0.15, 0.2) is 0 Å². The van der Waals surface area contributed by atoms with E-state index in [1.807, 2.05) is 60.7 Å². The molecule has 0 saturated carbocycles. The largest absolute Gasteiger partial charge is 0.320 e. The van der Waals surface area contributed by atoms with Crippen LogP contribution in [0.1, 0.15) is 10.4 Å². The van der Waals surface area contributed by atoms with Crippen molar-refractivity contribution in [2.75, 3.05) is 5.32 Å². The molecule has 28 heavy (non-hydrogen) atoms. The number of hydrogen-bond acceptors (Lipinski definition) is 2. The van der Waals surface area contributed by atoms with E-state index in [4.69, 9.17) is 23.2 Å². The Bertz CT molecular complexity index is 1130. The molecule has 1 heterocycles. The third-order valence-corrected chi connectivity index (χ3v) is 4.77. The van der Waals surface area contributed by atoms with E-state index in [-0.39, 0.29) is 5.91 Å². The summed E-state index contributed by atoms with van der Waals surface area (Å²) in [7, 11) is 0. The number of carbonyl (C=O) groups excluding carboxylic acids is 1. The predicted octanol–water partition coefficient (Wildman–Crippen LogP) is 6.10. The quantitative estimate of drug-likeness (QED) is 0.444. The number of aromatic nitrogens is 2. The van der Waals surface area contributed by atoms with E-state index >= 15 is 0 Å². The fourth-order valence-electron chi connectivity index (χ4n) is 2.85. The number of benzene rings is 3. The maximum atomic E-state index is 13.1. The van der Waals surface area contributed by atoms with Crippen molar-refractivity contribution >= 4 is 34.8 Å². The highest BCUT2D eigenvalue weighted by Gasteiger charge is 2.19. The van der Waals surface area contributed by atoms with Crippen LogP contribution in [0.5, 0.6) is 0 Å². The molecule has 0 aliphatic carbocycles. The van der Waals surface area contributed by atoms with Crippen molar-refractivity contribution < 1.29 is 4.79 Å². The minimum Gasteiger partial charge on any atom is -0.320 e. The summed E-state index contributed by atoms with van der Waals surface area (Å²) in [6.45, 7) is 0. The predicted molar refractivity (Wildman–Crippen MR) is 113 cm³/mol. The molecule has 0 aliphatic heterocycles. The first kappa shape index (κ1) is 18.3. The first-order chi connectivity index (χ1) is 13.6. The van der Waals surface area contributed by atoms with Gasteiger partial charge in [-0.1, -0.05) is 71.7 Å². The number of hydrogen-bond donors (Lipinski definition) is 1. The third-order valence-electron chi connectivity index (χ3n) is 4.20. The van der Waals surface area contributed by atoms with Gasteiger partial charge >= 0.3 is 0 Å². The van der Waals surface area contributed by atoms with Crippen LogP contribution in [0.15, 0.2) is 85.1 Å². The molecule has 4 aromatic rings. The molecule has 1 N–H and O–H groups in total. The Morgan fingerprint density at radius 2 is 1.57 bits per heavy atom. The number of halogens is 2. The zero-order valence-corrected chi connectivity index (χ0v) is 16.2. The molecule has 0 saturated heterocycles. The van der Waals surface area contributed by atoms with Gasteiger partial charge in [-0.15, -0.1) is 0 Å². The van der Waals surface area contributed by atoms with Crippen LogP contribution in [0.25, 0.3) is 16.9 Å². The lowest BCUT2D eigenvalue weighted by Gasteiger charge is -2.08. The van der Waals surface area contributed by atoms with Gasteiger partial charge in [0.2, 0.25) is 0 Å². The minimum absolute atomic E-state index is 0.315. The van der Waals surface area contributed by atoms with Gasteiger partial charge in [0.25, 0.3) is 5.91 Å². The molecule has 4 rings (SSSR count). The number of nitrogens with one attached hydrogen (secondary N) is 1. The molecule has 0 aliphatic rings. The van der Waals surface area contributed by atoms with Gasteiger partial charge in [-0.05, 0) is 30.3 Å². The maximum absolute atomic E-state index is 13.1. The smallest absolute Gasteiger partial charge is 0.259 e. The number of amides is 1. The van der Waals surface area contributed by atoms with Gasteiger partial charge < -0.3 is 5.32 Å². The second kappa shape index (κ2) is 7.89. The van der Waals surface area contributed by atoms with Crippen molar-refractivity contribution in [1.82, 2.24) is 9.78 Å². The van der Waals surface area contributed by atoms with Crippen molar-refractivity contribution in [3.8, 4) is 16.9 Å². The van der Waals surface area contributed by atoms with Crippen LogP contribution in [-0.2, 0) is 0 Å². The second-order valence-corrected chi connectivity index (χ2v) is 6.96. The van der Waals surface area contributed by atoms with Crippen LogP contribution < -0.4 is 5.32 Å². The van der Waals surface area contributed by atoms with Crippen LogP contribution in [-0.4, -0.2) is 15.7 Å². The number of nitrogens with zero attached hydrogens (tertiary/aromatic N) is 2. The van der Waals surface area contributed by atoms with Gasteiger partial charge in [0.1, 0.15) is 5.69 Å². The second-order valence-electron chi connectivity index (χ2n) is 6.12. The average Bonchev–Trinajstić information content (AvgIpc) is 3.18.